The number of nitrogens with one attached hydrogen (secondary N) is 2. The molecule has 0 aliphatic rings. The number of nitrogens with zero attached hydrogens (tertiary/aromatic N) is 1. The minimum absolute atomic E-state index is 0.279. The first-order chi connectivity index (χ1) is 14.2. The Kier molecular flexibility index (Phi) is 7.12. The fourth-order valence-electron chi connectivity index (χ4n) is 2.47. The molecule has 0 saturated carbocycles. The van der Waals surface area contributed by atoms with Crippen molar-refractivity contribution >= 4 is 18.0 Å². The van der Waals surface area contributed by atoms with Gasteiger partial charge in [-0.2, -0.15) is 5.10 Å². The highest BCUT2D eigenvalue weighted by Crippen LogP contribution is 2.13. The molecule has 3 aromatic rings. The summed E-state index contributed by atoms with van der Waals surface area (Å²) in [7, 11) is 0. The first-order valence-electron chi connectivity index (χ1n) is 9.12. The van der Waals surface area contributed by atoms with Gasteiger partial charge in [-0.1, -0.05) is 60.7 Å². The van der Waals surface area contributed by atoms with Gasteiger partial charge in [-0.3, -0.25) is 9.59 Å². The molecule has 6 nitrogen and oxygen atoms in total. The Labute approximate surface area is 169 Å². The summed E-state index contributed by atoms with van der Waals surface area (Å²) in [6, 6.07) is 26.5. The highest BCUT2D eigenvalue weighted by atomic mass is 16.5. The predicted molar refractivity (Wildman–Crippen MR) is 111 cm³/mol. The standard InChI is InChI=1S/C23H21N3O3/c27-22(24-15-18-7-3-1-4-8-18)23(28)26-25-16-19-11-13-21(14-12-19)29-17-20-9-5-2-6-10-20/h1-14,16H,15,17H2,(H,24,27)(H,26,28)/b25-16+. The van der Waals surface area contributed by atoms with Gasteiger partial charge in [0.2, 0.25) is 0 Å². The van der Waals surface area contributed by atoms with Crippen LogP contribution < -0.4 is 15.5 Å². The average molecular weight is 387 g/mol. The summed E-state index contributed by atoms with van der Waals surface area (Å²) in [5.74, 6) is -0.828. The second-order valence-corrected chi connectivity index (χ2v) is 6.21. The lowest BCUT2D eigenvalue weighted by Crippen LogP contribution is -2.37. The molecule has 0 radical (unpaired) electrons. The van der Waals surface area contributed by atoms with Gasteiger partial charge in [-0.25, -0.2) is 5.43 Å². The van der Waals surface area contributed by atoms with Gasteiger partial charge in [-0.05, 0) is 41.0 Å². The smallest absolute Gasteiger partial charge is 0.329 e. The summed E-state index contributed by atoms with van der Waals surface area (Å²) in [6.07, 6.45) is 1.46. The summed E-state index contributed by atoms with van der Waals surface area (Å²) in [5, 5.41) is 6.36. The largest absolute Gasteiger partial charge is 0.489 e. The Morgan fingerprint density at radius 3 is 2.07 bits per heavy atom. The third kappa shape index (κ3) is 6.62. The molecule has 6 heteroatoms. The van der Waals surface area contributed by atoms with Crippen LogP contribution in [0, 0.1) is 0 Å². The monoisotopic (exact) mass is 387 g/mol. The molecule has 0 aromatic heterocycles. The van der Waals surface area contributed by atoms with E-state index in [1.807, 2.05) is 84.9 Å². The van der Waals surface area contributed by atoms with E-state index in [9.17, 15) is 9.59 Å². The van der Waals surface area contributed by atoms with Crippen LogP contribution in [0.3, 0.4) is 0 Å². The zero-order valence-corrected chi connectivity index (χ0v) is 15.7. The summed E-state index contributed by atoms with van der Waals surface area (Å²) in [5.41, 5.74) is 4.98. The van der Waals surface area contributed by atoms with Crippen molar-refractivity contribution in [2.75, 3.05) is 0 Å². The molecule has 0 aliphatic heterocycles. The predicted octanol–water partition coefficient (Wildman–Crippen LogP) is 3.03. The maximum Gasteiger partial charge on any atom is 0.329 e. The Bertz CT molecular complexity index is 956. The number of carbonyl (C=O) groups is 2. The second-order valence-electron chi connectivity index (χ2n) is 6.21. The SMILES string of the molecule is O=C(NCc1ccccc1)C(=O)N/N=C/c1ccc(OCc2ccccc2)cc1. The number of hydrogen-bond donors (Lipinski definition) is 2. The second kappa shape index (κ2) is 10.4. The minimum Gasteiger partial charge on any atom is -0.489 e. The van der Waals surface area contributed by atoms with E-state index >= 15 is 0 Å². The first kappa shape index (κ1) is 19.8. The van der Waals surface area contributed by atoms with Crippen LogP contribution in [0.15, 0.2) is 90.0 Å². The van der Waals surface area contributed by atoms with Crippen LogP contribution in [0.5, 0.6) is 5.75 Å². The number of rotatable bonds is 7. The van der Waals surface area contributed by atoms with E-state index in [4.69, 9.17) is 4.74 Å². The Balaban J connectivity index is 1.42. The Morgan fingerprint density at radius 2 is 1.41 bits per heavy atom. The highest BCUT2D eigenvalue weighted by molar-refractivity contribution is 6.35. The van der Waals surface area contributed by atoms with Gasteiger partial charge in [0.05, 0.1) is 6.21 Å². The molecule has 0 aliphatic carbocycles. The number of ether oxygens (including phenoxy) is 1. The molecule has 0 unspecified atom stereocenters. The summed E-state index contributed by atoms with van der Waals surface area (Å²) in [4.78, 5) is 23.6. The van der Waals surface area contributed by atoms with Crippen LogP contribution >= 0.6 is 0 Å². The van der Waals surface area contributed by atoms with Crippen LogP contribution in [0.2, 0.25) is 0 Å². The van der Waals surface area contributed by atoms with Crippen molar-refractivity contribution in [2.24, 2.45) is 5.10 Å². The van der Waals surface area contributed by atoms with Gasteiger partial charge in [0.15, 0.2) is 0 Å². The lowest BCUT2D eigenvalue weighted by Gasteiger charge is -2.06. The summed E-state index contributed by atoms with van der Waals surface area (Å²) < 4.78 is 5.72. The van der Waals surface area contributed by atoms with E-state index < -0.39 is 11.8 Å². The van der Waals surface area contributed by atoms with Crippen molar-refractivity contribution in [3.8, 4) is 5.75 Å². The molecule has 2 amide bonds. The molecule has 0 fully saturated rings. The van der Waals surface area contributed by atoms with Crippen LogP contribution in [0.25, 0.3) is 0 Å². The first-order valence-corrected chi connectivity index (χ1v) is 9.12. The zero-order chi connectivity index (χ0) is 20.3. The van der Waals surface area contributed by atoms with E-state index in [-0.39, 0.29) is 6.54 Å². The molecule has 3 aromatic carbocycles. The molecule has 2 N–H and O–H groups in total. The molecule has 0 saturated heterocycles. The zero-order valence-electron chi connectivity index (χ0n) is 15.7. The van der Waals surface area contributed by atoms with Crippen LogP contribution in [-0.2, 0) is 22.7 Å². The highest BCUT2D eigenvalue weighted by Gasteiger charge is 2.11. The molecule has 3 rings (SSSR count). The number of carbonyl (C=O) groups excluding carboxylic acids is 2. The third-order valence-corrected chi connectivity index (χ3v) is 4.01. The molecule has 29 heavy (non-hydrogen) atoms. The normalized spacial score (nSPS) is 10.5. The topological polar surface area (TPSA) is 79.8 Å². The number of hydrazone groups is 1. The van der Waals surface area contributed by atoms with Crippen molar-refractivity contribution in [3.05, 3.63) is 102 Å². The maximum atomic E-state index is 11.8. The molecule has 0 spiro atoms. The molecule has 0 bridgehead atoms. The van der Waals surface area contributed by atoms with Crippen molar-refractivity contribution in [2.45, 2.75) is 13.2 Å². The number of amides is 2. The van der Waals surface area contributed by atoms with Crippen molar-refractivity contribution in [1.29, 1.82) is 0 Å². The molecular formula is C23H21N3O3. The Hall–Kier alpha value is -3.93. The van der Waals surface area contributed by atoms with E-state index in [0.29, 0.717) is 6.61 Å². The lowest BCUT2D eigenvalue weighted by atomic mass is 10.2. The average Bonchev–Trinajstić information content (AvgIpc) is 2.78. The molecule has 0 heterocycles. The maximum absolute atomic E-state index is 11.8. The van der Waals surface area contributed by atoms with Gasteiger partial charge >= 0.3 is 11.8 Å². The van der Waals surface area contributed by atoms with Crippen LogP contribution in [0.4, 0.5) is 0 Å². The quantitative estimate of drug-likeness (QED) is 0.372. The van der Waals surface area contributed by atoms with Crippen LogP contribution in [-0.4, -0.2) is 18.0 Å². The van der Waals surface area contributed by atoms with E-state index in [2.05, 4.69) is 15.8 Å². The lowest BCUT2D eigenvalue weighted by molar-refractivity contribution is -0.139. The fourth-order valence-corrected chi connectivity index (χ4v) is 2.47. The van der Waals surface area contributed by atoms with Crippen molar-refractivity contribution in [1.82, 2.24) is 10.7 Å². The Morgan fingerprint density at radius 1 is 0.793 bits per heavy atom. The van der Waals surface area contributed by atoms with Gasteiger partial charge in [0.1, 0.15) is 12.4 Å². The fraction of sp³-hybridized carbons (Fsp3) is 0.0870. The van der Waals surface area contributed by atoms with Crippen molar-refractivity contribution in [3.63, 3.8) is 0 Å². The third-order valence-electron chi connectivity index (χ3n) is 4.01. The summed E-state index contributed by atoms with van der Waals surface area (Å²) in [6.45, 7) is 0.768. The van der Waals surface area contributed by atoms with Gasteiger partial charge < -0.3 is 10.1 Å². The number of benzene rings is 3. The van der Waals surface area contributed by atoms with Gasteiger partial charge in [0, 0.05) is 6.54 Å². The van der Waals surface area contributed by atoms with Gasteiger partial charge in [-0.15, -0.1) is 0 Å². The van der Waals surface area contributed by atoms with E-state index in [1.54, 1.807) is 0 Å². The number of hydrogen-bond acceptors (Lipinski definition) is 4. The molecular weight excluding hydrogens is 366 g/mol. The molecule has 0 atom stereocenters. The van der Waals surface area contributed by atoms with E-state index in [1.165, 1.54) is 6.21 Å². The van der Waals surface area contributed by atoms with Crippen LogP contribution in [0.1, 0.15) is 16.7 Å². The van der Waals surface area contributed by atoms with E-state index in [0.717, 1.165) is 22.4 Å². The molecule has 146 valence electrons. The van der Waals surface area contributed by atoms with Crippen molar-refractivity contribution < 1.29 is 14.3 Å². The van der Waals surface area contributed by atoms with Gasteiger partial charge in [0.25, 0.3) is 0 Å². The summed E-state index contributed by atoms with van der Waals surface area (Å²) >= 11 is 0. The minimum atomic E-state index is -0.819.